The number of hydrogen-bond acceptors (Lipinski definition) is 3. The van der Waals surface area contributed by atoms with Crippen molar-refractivity contribution in [2.45, 2.75) is 19.9 Å². The van der Waals surface area contributed by atoms with Crippen molar-refractivity contribution < 1.29 is 14.4 Å². The van der Waals surface area contributed by atoms with Gasteiger partial charge < -0.3 is 5.32 Å². The summed E-state index contributed by atoms with van der Waals surface area (Å²) in [7, 11) is 0. The second kappa shape index (κ2) is 8.44. The third-order valence-electron chi connectivity index (χ3n) is 5.35. The molecule has 4 amide bonds. The third-order valence-corrected chi connectivity index (χ3v) is 5.35. The normalized spacial score (nSPS) is 16.0. The molecule has 0 radical (unpaired) electrons. The fourth-order valence-electron chi connectivity index (χ4n) is 3.71. The molecular formula is C25H23N3O3. The lowest BCUT2D eigenvalue weighted by Crippen LogP contribution is -2.39. The molecule has 1 aliphatic rings. The van der Waals surface area contributed by atoms with Gasteiger partial charge in [-0.3, -0.25) is 19.4 Å². The summed E-state index contributed by atoms with van der Waals surface area (Å²) in [6.45, 7) is 3.28. The Labute approximate surface area is 181 Å². The number of imide groups is 1. The first-order valence-corrected chi connectivity index (χ1v) is 10.1. The van der Waals surface area contributed by atoms with Crippen LogP contribution in [0.15, 0.2) is 78.9 Å². The summed E-state index contributed by atoms with van der Waals surface area (Å²) < 4.78 is 0. The number of nitrogens with one attached hydrogen (secondary N) is 1. The Hall–Kier alpha value is -3.93. The van der Waals surface area contributed by atoms with Crippen molar-refractivity contribution in [2.75, 3.05) is 16.8 Å². The van der Waals surface area contributed by atoms with Crippen LogP contribution in [0.25, 0.3) is 11.1 Å². The minimum Gasteiger partial charge on any atom is -0.324 e. The number of anilines is 2. The van der Waals surface area contributed by atoms with Crippen LogP contribution in [-0.4, -0.2) is 35.3 Å². The molecule has 31 heavy (non-hydrogen) atoms. The van der Waals surface area contributed by atoms with Crippen molar-refractivity contribution in [3.8, 4) is 11.1 Å². The number of carbonyl (C=O) groups is 3. The van der Waals surface area contributed by atoms with Crippen LogP contribution in [0.4, 0.5) is 16.2 Å². The van der Waals surface area contributed by atoms with E-state index in [-0.39, 0.29) is 6.54 Å². The summed E-state index contributed by atoms with van der Waals surface area (Å²) >= 11 is 0. The molecule has 1 saturated heterocycles. The van der Waals surface area contributed by atoms with Gasteiger partial charge in [-0.05, 0) is 37.6 Å². The first-order valence-electron chi connectivity index (χ1n) is 10.1. The monoisotopic (exact) mass is 413 g/mol. The lowest BCUT2D eigenvalue weighted by atomic mass is 10.0. The lowest BCUT2D eigenvalue weighted by Gasteiger charge is -2.19. The highest BCUT2D eigenvalue weighted by molar-refractivity contribution is 6.16. The molecule has 6 nitrogen and oxygen atoms in total. The van der Waals surface area contributed by atoms with Gasteiger partial charge in [0, 0.05) is 16.9 Å². The van der Waals surface area contributed by atoms with Gasteiger partial charge in [-0.1, -0.05) is 66.2 Å². The summed E-state index contributed by atoms with van der Waals surface area (Å²) in [5.74, 6) is -0.819. The second-order valence-electron chi connectivity index (χ2n) is 7.55. The fraction of sp³-hybridized carbons (Fsp3) is 0.160. The maximum atomic E-state index is 12.9. The first-order chi connectivity index (χ1) is 15.0. The second-order valence-corrected chi connectivity index (χ2v) is 7.55. The molecule has 1 aliphatic heterocycles. The van der Waals surface area contributed by atoms with E-state index in [9.17, 15) is 14.4 Å². The molecule has 4 rings (SSSR count). The van der Waals surface area contributed by atoms with Crippen LogP contribution in [0.5, 0.6) is 0 Å². The van der Waals surface area contributed by atoms with Crippen molar-refractivity contribution >= 4 is 29.2 Å². The van der Waals surface area contributed by atoms with Gasteiger partial charge in [-0.15, -0.1) is 0 Å². The highest BCUT2D eigenvalue weighted by Gasteiger charge is 2.44. The van der Waals surface area contributed by atoms with Crippen LogP contribution in [0.1, 0.15) is 12.5 Å². The molecule has 1 N–H and O–H groups in total. The van der Waals surface area contributed by atoms with Crippen molar-refractivity contribution in [2.24, 2.45) is 0 Å². The smallest absolute Gasteiger partial charge is 0.324 e. The van der Waals surface area contributed by atoms with Crippen LogP contribution in [0, 0.1) is 6.92 Å². The number of rotatable bonds is 5. The topological polar surface area (TPSA) is 69.7 Å². The standard InChI is InChI=1S/C25H23N3O3/c1-17-12-14-20(15-13-17)28-18(2)24(30)27(25(28)31)16-23(29)26-22-11-7-6-10-21(22)19-8-4-3-5-9-19/h3-15,18H,16H2,1-2H3,(H,26,29). The third kappa shape index (κ3) is 4.05. The van der Waals surface area contributed by atoms with Gasteiger partial charge in [-0.25, -0.2) is 4.79 Å². The van der Waals surface area contributed by atoms with Crippen LogP contribution in [-0.2, 0) is 9.59 Å². The number of urea groups is 1. The predicted molar refractivity (Wildman–Crippen MR) is 121 cm³/mol. The first kappa shape index (κ1) is 20.3. The SMILES string of the molecule is Cc1ccc(N2C(=O)N(CC(=O)Nc3ccccc3-c3ccccc3)C(=O)C2C)cc1. The average Bonchev–Trinajstić information content (AvgIpc) is 2.98. The summed E-state index contributed by atoms with van der Waals surface area (Å²) in [6, 6.07) is 23.4. The molecule has 0 bridgehead atoms. The average molecular weight is 413 g/mol. The summed E-state index contributed by atoms with van der Waals surface area (Å²) in [5, 5.41) is 2.85. The molecule has 0 aromatic heterocycles. The highest BCUT2D eigenvalue weighted by atomic mass is 16.2. The molecule has 6 heteroatoms. The fourth-order valence-corrected chi connectivity index (χ4v) is 3.71. The van der Waals surface area contributed by atoms with E-state index in [4.69, 9.17) is 0 Å². The predicted octanol–water partition coefficient (Wildman–Crippen LogP) is 4.46. The number of carbonyl (C=O) groups excluding carboxylic acids is 3. The summed E-state index contributed by atoms with van der Waals surface area (Å²) in [5.41, 5.74) is 4.15. The Morgan fingerprint density at radius 1 is 0.903 bits per heavy atom. The molecule has 1 atom stereocenters. The molecule has 1 fully saturated rings. The van der Waals surface area contributed by atoms with Crippen molar-refractivity contribution in [1.29, 1.82) is 0 Å². The zero-order valence-corrected chi connectivity index (χ0v) is 17.4. The van der Waals surface area contributed by atoms with Crippen molar-refractivity contribution in [3.63, 3.8) is 0 Å². The van der Waals surface area contributed by atoms with E-state index >= 15 is 0 Å². The molecule has 3 aromatic rings. The Balaban J connectivity index is 1.51. The molecule has 156 valence electrons. The van der Waals surface area contributed by atoms with Gasteiger partial charge in [0.1, 0.15) is 12.6 Å². The number of aryl methyl sites for hydroxylation is 1. The Morgan fingerprint density at radius 3 is 2.26 bits per heavy atom. The molecular weight excluding hydrogens is 390 g/mol. The number of hydrogen-bond donors (Lipinski definition) is 1. The van der Waals surface area contributed by atoms with Gasteiger partial charge in [0.2, 0.25) is 5.91 Å². The summed E-state index contributed by atoms with van der Waals surface area (Å²) in [6.07, 6.45) is 0. The minimum atomic E-state index is -0.667. The van der Waals surface area contributed by atoms with Crippen LogP contribution in [0.2, 0.25) is 0 Å². The maximum absolute atomic E-state index is 12.9. The number of amides is 4. The van der Waals surface area contributed by atoms with E-state index < -0.39 is 23.9 Å². The molecule has 0 aliphatic carbocycles. The Morgan fingerprint density at radius 2 is 1.55 bits per heavy atom. The number of para-hydroxylation sites is 1. The van der Waals surface area contributed by atoms with E-state index in [1.807, 2.05) is 67.6 Å². The molecule has 3 aromatic carbocycles. The van der Waals surface area contributed by atoms with E-state index in [1.165, 1.54) is 4.90 Å². The Bertz CT molecular complexity index is 1130. The van der Waals surface area contributed by atoms with E-state index in [0.717, 1.165) is 21.6 Å². The number of nitrogens with zero attached hydrogens (tertiary/aromatic N) is 2. The zero-order valence-electron chi connectivity index (χ0n) is 17.4. The van der Waals surface area contributed by atoms with Crippen molar-refractivity contribution in [1.82, 2.24) is 4.90 Å². The molecule has 1 unspecified atom stereocenters. The molecule has 0 spiro atoms. The Kier molecular flexibility index (Phi) is 5.54. The van der Waals surface area contributed by atoms with Gasteiger partial charge in [-0.2, -0.15) is 0 Å². The maximum Gasteiger partial charge on any atom is 0.332 e. The zero-order chi connectivity index (χ0) is 22.0. The van der Waals surface area contributed by atoms with Gasteiger partial charge >= 0.3 is 6.03 Å². The van der Waals surface area contributed by atoms with Crippen LogP contribution < -0.4 is 10.2 Å². The minimum absolute atomic E-state index is 0.340. The lowest BCUT2D eigenvalue weighted by molar-refractivity contribution is -0.130. The van der Waals surface area contributed by atoms with Gasteiger partial charge in [0.05, 0.1) is 0 Å². The van der Waals surface area contributed by atoms with E-state index in [2.05, 4.69) is 5.32 Å². The summed E-state index contributed by atoms with van der Waals surface area (Å²) in [4.78, 5) is 40.9. The highest BCUT2D eigenvalue weighted by Crippen LogP contribution is 2.28. The van der Waals surface area contributed by atoms with E-state index in [0.29, 0.717) is 11.4 Å². The van der Waals surface area contributed by atoms with Crippen LogP contribution in [0.3, 0.4) is 0 Å². The number of benzene rings is 3. The van der Waals surface area contributed by atoms with E-state index in [1.54, 1.807) is 25.1 Å². The van der Waals surface area contributed by atoms with Gasteiger partial charge in [0.15, 0.2) is 0 Å². The largest absolute Gasteiger partial charge is 0.332 e. The molecule has 0 saturated carbocycles. The van der Waals surface area contributed by atoms with Crippen molar-refractivity contribution in [3.05, 3.63) is 84.4 Å². The molecule has 1 heterocycles. The van der Waals surface area contributed by atoms with Gasteiger partial charge in [0.25, 0.3) is 5.91 Å². The quantitative estimate of drug-likeness (QED) is 0.628. The van der Waals surface area contributed by atoms with Crippen LogP contribution >= 0.6 is 0 Å².